The van der Waals surface area contributed by atoms with E-state index in [-0.39, 0.29) is 6.61 Å². The first-order valence-corrected chi connectivity index (χ1v) is 7.92. The van der Waals surface area contributed by atoms with Crippen molar-refractivity contribution in [3.8, 4) is 5.75 Å². The van der Waals surface area contributed by atoms with Crippen LogP contribution < -0.4 is 10.5 Å². The highest BCUT2D eigenvalue weighted by Crippen LogP contribution is 2.23. The van der Waals surface area contributed by atoms with Crippen molar-refractivity contribution in [1.29, 1.82) is 0 Å². The fourth-order valence-corrected chi connectivity index (χ4v) is 2.97. The number of hydrogen-bond donors (Lipinski definition) is 1. The Morgan fingerprint density at radius 2 is 2.27 bits per heavy atom. The number of hydrogen-bond acceptors (Lipinski definition) is 4. The monoisotopic (exact) mass is 306 g/mol. The van der Waals surface area contributed by atoms with Crippen LogP contribution in [0.25, 0.3) is 0 Å². The zero-order valence-electron chi connectivity index (χ0n) is 13.3. The number of methoxy groups -OCH3 is 1. The summed E-state index contributed by atoms with van der Waals surface area (Å²) in [6, 6.07) is 8.48. The van der Waals surface area contributed by atoms with Crippen LogP contribution in [-0.2, 0) is 16.1 Å². The molecule has 0 unspecified atom stereocenters. The Labute approximate surface area is 132 Å². The average Bonchev–Trinajstić information content (AvgIpc) is 2.52. The second-order valence-electron chi connectivity index (χ2n) is 5.80. The lowest BCUT2D eigenvalue weighted by Crippen LogP contribution is -2.39. The highest BCUT2D eigenvalue weighted by molar-refractivity contribution is 5.75. The molecule has 22 heavy (non-hydrogen) atoms. The summed E-state index contributed by atoms with van der Waals surface area (Å²) >= 11 is 0. The number of rotatable bonds is 8. The predicted molar refractivity (Wildman–Crippen MR) is 85.7 cm³/mol. The molecule has 1 aromatic carbocycles. The van der Waals surface area contributed by atoms with E-state index in [9.17, 15) is 4.79 Å². The Morgan fingerprint density at radius 3 is 3.05 bits per heavy atom. The van der Waals surface area contributed by atoms with Crippen molar-refractivity contribution in [3.05, 3.63) is 29.8 Å². The number of nitrogens with zero attached hydrogens (tertiary/aromatic N) is 1. The van der Waals surface area contributed by atoms with Crippen molar-refractivity contribution >= 4 is 5.91 Å². The SMILES string of the molecule is COCC[C@H]1CCCCN1Cc1cccc(OCC(N)=O)c1. The van der Waals surface area contributed by atoms with Crippen molar-refractivity contribution in [1.82, 2.24) is 4.90 Å². The summed E-state index contributed by atoms with van der Waals surface area (Å²) in [5.74, 6) is 0.239. The van der Waals surface area contributed by atoms with E-state index < -0.39 is 5.91 Å². The van der Waals surface area contributed by atoms with Crippen LogP contribution in [0, 0.1) is 0 Å². The van der Waals surface area contributed by atoms with Gasteiger partial charge in [0.05, 0.1) is 0 Å². The quantitative estimate of drug-likeness (QED) is 0.797. The van der Waals surface area contributed by atoms with Gasteiger partial charge in [-0.2, -0.15) is 0 Å². The van der Waals surface area contributed by atoms with Gasteiger partial charge in [-0.1, -0.05) is 18.6 Å². The number of primary amides is 1. The van der Waals surface area contributed by atoms with Crippen molar-refractivity contribution < 1.29 is 14.3 Å². The van der Waals surface area contributed by atoms with E-state index in [2.05, 4.69) is 11.0 Å². The van der Waals surface area contributed by atoms with Gasteiger partial charge in [0, 0.05) is 26.3 Å². The minimum Gasteiger partial charge on any atom is -0.484 e. The number of amides is 1. The molecule has 0 aromatic heterocycles. The van der Waals surface area contributed by atoms with Crippen LogP contribution in [0.1, 0.15) is 31.2 Å². The van der Waals surface area contributed by atoms with Crippen LogP contribution in [0.15, 0.2) is 24.3 Å². The lowest BCUT2D eigenvalue weighted by molar-refractivity contribution is -0.119. The Morgan fingerprint density at radius 1 is 1.41 bits per heavy atom. The summed E-state index contributed by atoms with van der Waals surface area (Å²) in [6.45, 7) is 2.76. The molecule has 122 valence electrons. The lowest BCUT2D eigenvalue weighted by Gasteiger charge is -2.35. The second-order valence-corrected chi connectivity index (χ2v) is 5.80. The van der Waals surface area contributed by atoms with Crippen molar-refractivity contribution in [2.24, 2.45) is 5.73 Å². The van der Waals surface area contributed by atoms with Crippen molar-refractivity contribution in [3.63, 3.8) is 0 Å². The van der Waals surface area contributed by atoms with Gasteiger partial charge in [0.15, 0.2) is 6.61 Å². The summed E-state index contributed by atoms with van der Waals surface area (Å²) in [4.78, 5) is 13.3. The molecule has 0 spiro atoms. The molecule has 0 radical (unpaired) electrons. The number of nitrogens with two attached hydrogens (primary N) is 1. The Hall–Kier alpha value is -1.59. The predicted octanol–water partition coefficient (Wildman–Crippen LogP) is 1.94. The van der Waals surface area contributed by atoms with E-state index in [1.54, 1.807) is 7.11 Å². The third-order valence-electron chi connectivity index (χ3n) is 4.07. The molecule has 1 atom stereocenters. The molecular formula is C17H26N2O3. The van der Waals surface area contributed by atoms with Crippen LogP contribution >= 0.6 is 0 Å². The molecule has 1 fully saturated rings. The van der Waals surface area contributed by atoms with Crippen LogP contribution in [0.4, 0.5) is 0 Å². The van der Waals surface area contributed by atoms with E-state index in [4.69, 9.17) is 15.2 Å². The van der Waals surface area contributed by atoms with Crippen LogP contribution in [0.5, 0.6) is 5.75 Å². The molecule has 0 aliphatic carbocycles. The molecule has 5 heteroatoms. The van der Waals surface area contributed by atoms with Gasteiger partial charge in [-0.25, -0.2) is 0 Å². The van der Waals surface area contributed by atoms with Crippen molar-refractivity contribution in [2.75, 3.05) is 26.9 Å². The van der Waals surface area contributed by atoms with Gasteiger partial charge in [0.2, 0.25) is 0 Å². The fourth-order valence-electron chi connectivity index (χ4n) is 2.97. The van der Waals surface area contributed by atoms with Gasteiger partial charge in [0.1, 0.15) is 5.75 Å². The first-order valence-electron chi connectivity index (χ1n) is 7.92. The Balaban J connectivity index is 1.95. The average molecular weight is 306 g/mol. The number of piperidine rings is 1. The first kappa shape index (κ1) is 16.8. The summed E-state index contributed by atoms with van der Waals surface area (Å²) in [5.41, 5.74) is 6.31. The van der Waals surface area contributed by atoms with Crippen molar-refractivity contribution in [2.45, 2.75) is 38.3 Å². The number of carbonyl (C=O) groups excluding carboxylic acids is 1. The molecule has 5 nitrogen and oxygen atoms in total. The summed E-state index contributed by atoms with van der Waals surface area (Å²) in [6.07, 6.45) is 4.86. The maximum absolute atomic E-state index is 10.8. The highest BCUT2D eigenvalue weighted by atomic mass is 16.5. The van der Waals surface area contributed by atoms with Crippen LogP contribution in [0.2, 0.25) is 0 Å². The van der Waals surface area contributed by atoms with Crippen LogP contribution in [0.3, 0.4) is 0 Å². The van der Waals surface area contributed by atoms with Gasteiger partial charge in [-0.05, 0) is 43.5 Å². The number of benzene rings is 1. The minimum absolute atomic E-state index is 0.0797. The van der Waals surface area contributed by atoms with E-state index >= 15 is 0 Å². The normalized spacial score (nSPS) is 19.0. The molecule has 1 heterocycles. The molecule has 2 rings (SSSR count). The van der Waals surface area contributed by atoms with E-state index in [1.807, 2.05) is 18.2 Å². The van der Waals surface area contributed by atoms with Gasteiger partial charge in [-0.3, -0.25) is 9.69 Å². The molecule has 2 N–H and O–H groups in total. The number of carbonyl (C=O) groups is 1. The van der Waals surface area contributed by atoms with Gasteiger partial charge in [-0.15, -0.1) is 0 Å². The highest BCUT2D eigenvalue weighted by Gasteiger charge is 2.22. The molecule has 1 saturated heterocycles. The van der Waals surface area contributed by atoms with Gasteiger partial charge in [0.25, 0.3) is 5.91 Å². The van der Waals surface area contributed by atoms with E-state index in [0.29, 0.717) is 11.8 Å². The maximum Gasteiger partial charge on any atom is 0.255 e. The number of ether oxygens (including phenoxy) is 2. The molecule has 0 saturated carbocycles. The largest absolute Gasteiger partial charge is 0.484 e. The second kappa shape index (κ2) is 8.76. The summed E-state index contributed by atoms with van der Waals surface area (Å²) in [5, 5.41) is 0. The minimum atomic E-state index is -0.457. The van der Waals surface area contributed by atoms with E-state index in [0.717, 1.165) is 26.1 Å². The third kappa shape index (κ3) is 5.31. The molecule has 1 aromatic rings. The topological polar surface area (TPSA) is 64.8 Å². The van der Waals surface area contributed by atoms with E-state index in [1.165, 1.54) is 24.8 Å². The molecule has 1 aliphatic rings. The number of likely N-dealkylation sites (tertiary alicyclic amines) is 1. The molecular weight excluding hydrogens is 280 g/mol. The first-order chi connectivity index (χ1) is 10.7. The third-order valence-corrected chi connectivity index (χ3v) is 4.07. The summed E-state index contributed by atoms with van der Waals surface area (Å²) in [7, 11) is 1.76. The molecule has 0 bridgehead atoms. The van der Waals surface area contributed by atoms with Crippen LogP contribution in [-0.4, -0.2) is 43.7 Å². The Bertz CT molecular complexity index is 479. The zero-order valence-corrected chi connectivity index (χ0v) is 13.3. The molecule has 1 amide bonds. The maximum atomic E-state index is 10.8. The zero-order chi connectivity index (χ0) is 15.8. The smallest absolute Gasteiger partial charge is 0.255 e. The lowest BCUT2D eigenvalue weighted by atomic mass is 9.99. The summed E-state index contributed by atoms with van der Waals surface area (Å²) < 4.78 is 10.6. The molecule has 1 aliphatic heterocycles. The van der Waals surface area contributed by atoms with Gasteiger partial charge >= 0.3 is 0 Å². The Kier molecular flexibility index (Phi) is 6.68. The fraction of sp³-hybridized carbons (Fsp3) is 0.588. The standard InChI is InChI=1S/C17H26N2O3/c1-21-10-8-15-6-2-3-9-19(15)12-14-5-4-7-16(11-14)22-13-17(18)20/h4-5,7,11,15H,2-3,6,8-10,12-13H2,1H3,(H2,18,20)/t15-/m1/s1. The van der Waals surface area contributed by atoms with Gasteiger partial charge < -0.3 is 15.2 Å².